The highest BCUT2D eigenvalue weighted by molar-refractivity contribution is 5.92. The molecule has 0 unspecified atom stereocenters. The van der Waals surface area contributed by atoms with Gasteiger partial charge in [-0.2, -0.15) is 0 Å². The number of anilines is 2. The average molecular weight is 427 g/mol. The van der Waals surface area contributed by atoms with E-state index in [1.165, 1.54) is 39.7 Å². The maximum absolute atomic E-state index is 4.77. The lowest BCUT2D eigenvalue weighted by atomic mass is 10.1. The van der Waals surface area contributed by atoms with Gasteiger partial charge >= 0.3 is 0 Å². The van der Waals surface area contributed by atoms with Crippen molar-refractivity contribution in [1.29, 1.82) is 0 Å². The summed E-state index contributed by atoms with van der Waals surface area (Å²) >= 11 is 0. The third-order valence-corrected chi connectivity index (χ3v) is 5.96. The van der Waals surface area contributed by atoms with E-state index in [4.69, 9.17) is 4.98 Å². The summed E-state index contributed by atoms with van der Waals surface area (Å²) in [5.74, 6) is 0. The zero-order valence-corrected chi connectivity index (χ0v) is 19.8. The molecule has 0 aliphatic heterocycles. The van der Waals surface area contributed by atoms with E-state index < -0.39 is 0 Å². The van der Waals surface area contributed by atoms with Gasteiger partial charge in [0.1, 0.15) is 0 Å². The van der Waals surface area contributed by atoms with Gasteiger partial charge in [0, 0.05) is 46.6 Å². The number of hydrogen-bond acceptors (Lipinski definition) is 4. The third kappa shape index (κ3) is 5.18. The number of hydrogen-bond donors (Lipinski definition) is 2. The molecule has 2 aromatic carbocycles. The molecule has 0 fully saturated rings. The summed E-state index contributed by atoms with van der Waals surface area (Å²) in [5, 5.41) is 9.74. The number of fused-ring (bicyclic) bond motifs is 2. The Hall–Kier alpha value is -3.14. The molecule has 4 aromatic rings. The van der Waals surface area contributed by atoms with Crippen LogP contribution in [0, 0.1) is 20.8 Å². The van der Waals surface area contributed by atoms with Gasteiger partial charge in [0.15, 0.2) is 0 Å². The second kappa shape index (κ2) is 9.99. The molecular formula is C28H34N4. The molecule has 4 rings (SSSR count). The van der Waals surface area contributed by atoms with Crippen LogP contribution in [0.25, 0.3) is 21.8 Å². The zero-order chi connectivity index (χ0) is 22.5. The van der Waals surface area contributed by atoms with Gasteiger partial charge in [0.2, 0.25) is 0 Å². The van der Waals surface area contributed by atoms with Crippen LogP contribution >= 0.6 is 0 Å². The predicted octanol–water partition coefficient (Wildman–Crippen LogP) is 6.96. The van der Waals surface area contributed by atoms with Crippen LogP contribution in [-0.4, -0.2) is 23.1 Å². The summed E-state index contributed by atoms with van der Waals surface area (Å²) in [5.41, 5.74) is 9.28. The fraction of sp³-hybridized carbons (Fsp3) is 0.357. The molecule has 0 atom stereocenters. The highest BCUT2D eigenvalue weighted by Crippen LogP contribution is 2.26. The zero-order valence-electron chi connectivity index (χ0n) is 19.8. The van der Waals surface area contributed by atoms with Crippen molar-refractivity contribution in [2.75, 3.05) is 23.7 Å². The maximum atomic E-state index is 4.77. The number of nitrogens with one attached hydrogen (secondary N) is 2. The molecule has 4 heteroatoms. The Bertz CT molecular complexity index is 1230. The van der Waals surface area contributed by atoms with Gasteiger partial charge in [-0.25, -0.2) is 0 Å². The van der Waals surface area contributed by atoms with Crippen LogP contribution in [0.4, 0.5) is 11.4 Å². The molecule has 0 radical (unpaired) electrons. The summed E-state index contributed by atoms with van der Waals surface area (Å²) < 4.78 is 0. The number of benzene rings is 2. The van der Waals surface area contributed by atoms with E-state index >= 15 is 0 Å². The number of aromatic nitrogens is 2. The van der Waals surface area contributed by atoms with Gasteiger partial charge in [-0.05, 0) is 82.9 Å². The smallest absolute Gasteiger partial charge is 0.0726 e. The molecule has 0 saturated carbocycles. The fourth-order valence-electron chi connectivity index (χ4n) is 4.21. The van der Waals surface area contributed by atoms with E-state index in [9.17, 15) is 0 Å². The fourth-order valence-corrected chi connectivity index (χ4v) is 4.21. The minimum absolute atomic E-state index is 0.951. The van der Waals surface area contributed by atoms with E-state index in [0.717, 1.165) is 54.8 Å². The number of aryl methyl sites for hydroxylation is 4. The molecule has 0 aliphatic carbocycles. The van der Waals surface area contributed by atoms with Crippen molar-refractivity contribution < 1.29 is 0 Å². The molecule has 2 heterocycles. The van der Waals surface area contributed by atoms with Crippen LogP contribution in [0.1, 0.15) is 48.7 Å². The van der Waals surface area contributed by atoms with Crippen LogP contribution in [-0.2, 0) is 6.42 Å². The normalized spacial score (nSPS) is 11.2. The van der Waals surface area contributed by atoms with Crippen LogP contribution in [0.3, 0.4) is 0 Å². The van der Waals surface area contributed by atoms with Crippen molar-refractivity contribution in [3.05, 3.63) is 71.0 Å². The summed E-state index contributed by atoms with van der Waals surface area (Å²) in [6.45, 7) is 10.4. The Kier molecular flexibility index (Phi) is 6.89. The Labute approximate surface area is 191 Å². The van der Waals surface area contributed by atoms with Crippen molar-refractivity contribution in [2.45, 2.75) is 53.4 Å². The quantitative estimate of drug-likeness (QED) is 0.284. The van der Waals surface area contributed by atoms with E-state index in [0.29, 0.717) is 0 Å². The van der Waals surface area contributed by atoms with E-state index in [-0.39, 0.29) is 0 Å². The predicted molar refractivity (Wildman–Crippen MR) is 138 cm³/mol. The van der Waals surface area contributed by atoms with E-state index in [1.54, 1.807) is 0 Å². The molecule has 0 spiro atoms. The second-order valence-electron chi connectivity index (χ2n) is 8.78. The van der Waals surface area contributed by atoms with Crippen LogP contribution in [0.5, 0.6) is 0 Å². The lowest BCUT2D eigenvalue weighted by molar-refractivity contribution is 0.721. The number of rotatable bonds is 9. The Morgan fingerprint density at radius 3 is 1.81 bits per heavy atom. The standard InChI is InChI=1S/C28H34N4/c1-5-22-18-28(24-16-20(3)10-12-26(24)32-22)30-14-8-6-7-13-29-27-17-21(4)31-25-11-9-19(2)15-23(25)27/h9-12,15-18H,5-8,13-14H2,1-4H3,(H,29,31)(H,30,32). The first-order valence-corrected chi connectivity index (χ1v) is 11.8. The number of nitrogens with zero attached hydrogens (tertiary/aromatic N) is 2. The van der Waals surface area contributed by atoms with Gasteiger partial charge in [-0.15, -0.1) is 0 Å². The average Bonchev–Trinajstić information content (AvgIpc) is 2.78. The Morgan fingerprint density at radius 1 is 0.656 bits per heavy atom. The number of unbranched alkanes of at least 4 members (excludes halogenated alkanes) is 2. The van der Waals surface area contributed by atoms with Gasteiger partial charge in [0.25, 0.3) is 0 Å². The van der Waals surface area contributed by atoms with Gasteiger partial charge in [-0.3, -0.25) is 9.97 Å². The van der Waals surface area contributed by atoms with Crippen molar-refractivity contribution >= 4 is 33.2 Å². The van der Waals surface area contributed by atoms with Crippen molar-refractivity contribution in [1.82, 2.24) is 9.97 Å². The van der Waals surface area contributed by atoms with Crippen LogP contribution in [0.15, 0.2) is 48.5 Å². The van der Waals surface area contributed by atoms with Crippen molar-refractivity contribution in [3.8, 4) is 0 Å². The largest absolute Gasteiger partial charge is 0.384 e. The minimum Gasteiger partial charge on any atom is -0.384 e. The molecular weight excluding hydrogens is 392 g/mol. The molecule has 0 amide bonds. The molecule has 4 nitrogen and oxygen atoms in total. The third-order valence-electron chi connectivity index (χ3n) is 5.96. The number of pyridine rings is 2. The topological polar surface area (TPSA) is 49.8 Å². The molecule has 2 aromatic heterocycles. The molecule has 0 bridgehead atoms. The van der Waals surface area contributed by atoms with E-state index in [1.807, 2.05) is 0 Å². The molecule has 2 N–H and O–H groups in total. The van der Waals surface area contributed by atoms with Gasteiger partial charge < -0.3 is 10.6 Å². The maximum Gasteiger partial charge on any atom is 0.0726 e. The molecule has 32 heavy (non-hydrogen) atoms. The summed E-state index contributed by atoms with van der Waals surface area (Å²) in [7, 11) is 0. The lowest BCUT2D eigenvalue weighted by Gasteiger charge is -2.13. The van der Waals surface area contributed by atoms with Gasteiger partial charge in [-0.1, -0.05) is 30.2 Å². The Balaban J connectivity index is 1.30. The van der Waals surface area contributed by atoms with E-state index in [2.05, 4.69) is 91.8 Å². The second-order valence-corrected chi connectivity index (χ2v) is 8.78. The van der Waals surface area contributed by atoms with Gasteiger partial charge in [0.05, 0.1) is 11.0 Å². The minimum atomic E-state index is 0.951. The molecule has 0 saturated heterocycles. The highest BCUT2D eigenvalue weighted by Gasteiger charge is 2.06. The summed E-state index contributed by atoms with van der Waals surface area (Å²) in [6.07, 6.45) is 4.43. The van der Waals surface area contributed by atoms with Crippen molar-refractivity contribution in [3.63, 3.8) is 0 Å². The Morgan fingerprint density at radius 2 is 1.22 bits per heavy atom. The molecule has 0 aliphatic rings. The lowest BCUT2D eigenvalue weighted by Crippen LogP contribution is -2.06. The SMILES string of the molecule is CCc1cc(NCCCCCNc2cc(C)nc3ccc(C)cc23)c2cc(C)ccc2n1. The molecule has 166 valence electrons. The monoisotopic (exact) mass is 426 g/mol. The van der Waals surface area contributed by atoms with Crippen molar-refractivity contribution in [2.24, 2.45) is 0 Å². The summed E-state index contributed by atoms with van der Waals surface area (Å²) in [4.78, 5) is 9.43. The highest BCUT2D eigenvalue weighted by atomic mass is 14.9. The van der Waals surface area contributed by atoms with Crippen LogP contribution < -0.4 is 10.6 Å². The summed E-state index contributed by atoms with van der Waals surface area (Å²) in [6, 6.07) is 17.3. The van der Waals surface area contributed by atoms with Crippen LogP contribution in [0.2, 0.25) is 0 Å². The first-order valence-electron chi connectivity index (χ1n) is 11.8. The first-order chi connectivity index (χ1) is 15.5. The first kappa shape index (κ1) is 22.1.